The number of ether oxygens (including phenoxy) is 4. The van der Waals surface area contributed by atoms with Crippen LogP contribution in [0.5, 0.6) is 23.0 Å². The van der Waals surface area contributed by atoms with Crippen LogP contribution in [0.15, 0.2) is 41.3 Å². The molecule has 140 valence electrons. The Morgan fingerprint density at radius 3 is 2.23 bits per heavy atom. The number of benzene rings is 2. The van der Waals surface area contributed by atoms with Gasteiger partial charge in [0.2, 0.25) is 0 Å². The van der Waals surface area contributed by atoms with Crippen molar-refractivity contribution in [1.82, 2.24) is 0 Å². The van der Waals surface area contributed by atoms with Crippen LogP contribution in [0.3, 0.4) is 0 Å². The molecule has 6 nitrogen and oxygen atoms in total. The van der Waals surface area contributed by atoms with Crippen molar-refractivity contribution in [2.45, 2.75) is 17.6 Å². The van der Waals surface area contributed by atoms with Crippen molar-refractivity contribution in [3.8, 4) is 23.0 Å². The molecule has 0 aliphatic carbocycles. The van der Waals surface area contributed by atoms with Gasteiger partial charge in [0.05, 0.1) is 20.0 Å². The van der Waals surface area contributed by atoms with E-state index in [4.69, 9.17) is 9.47 Å². The smallest absolute Gasteiger partial charge is 0.495 e. The lowest BCUT2D eigenvalue weighted by Crippen LogP contribution is -2.25. The second-order valence-electron chi connectivity index (χ2n) is 5.51. The number of halogens is 2. The van der Waals surface area contributed by atoms with Gasteiger partial charge in [-0.05, 0) is 36.2 Å². The molecule has 26 heavy (non-hydrogen) atoms. The molecule has 0 saturated heterocycles. The highest BCUT2D eigenvalue weighted by molar-refractivity contribution is 7.91. The SMILES string of the molecule is COc1cccc(OC)c1S(=O)(=O)CCc1ccc2c(c1)OC(F)(F)O2. The maximum absolute atomic E-state index is 13.1. The van der Waals surface area contributed by atoms with Gasteiger partial charge in [-0.1, -0.05) is 12.1 Å². The summed E-state index contributed by atoms with van der Waals surface area (Å²) in [5.41, 5.74) is 0.516. The van der Waals surface area contributed by atoms with Crippen molar-refractivity contribution in [1.29, 1.82) is 0 Å². The first-order valence-corrected chi connectivity index (χ1v) is 9.23. The molecule has 0 bridgehead atoms. The van der Waals surface area contributed by atoms with Crippen molar-refractivity contribution in [3.63, 3.8) is 0 Å². The molecule has 3 rings (SSSR count). The summed E-state index contributed by atoms with van der Waals surface area (Å²) < 4.78 is 70.6. The van der Waals surface area contributed by atoms with Gasteiger partial charge in [-0.25, -0.2) is 8.42 Å². The van der Waals surface area contributed by atoms with Gasteiger partial charge in [-0.3, -0.25) is 0 Å². The molecule has 1 aliphatic rings. The van der Waals surface area contributed by atoms with Gasteiger partial charge in [-0.15, -0.1) is 8.78 Å². The largest absolute Gasteiger partial charge is 0.586 e. The van der Waals surface area contributed by atoms with Gasteiger partial charge in [-0.2, -0.15) is 0 Å². The summed E-state index contributed by atoms with van der Waals surface area (Å²) in [5, 5.41) is 0. The highest BCUT2D eigenvalue weighted by atomic mass is 32.2. The van der Waals surface area contributed by atoms with Crippen LogP contribution in [0.25, 0.3) is 0 Å². The minimum absolute atomic E-state index is 0.0442. The number of aryl methyl sites for hydroxylation is 1. The molecule has 2 aromatic carbocycles. The minimum atomic E-state index is -3.75. The molecular weight excluding hydrogens is 370 g/mol. The van der Waals surface area contributed by atoms with Crippen LogP contribution in [-0.4, -0.2) is 34.7 Å². The Labute approximate surface area is 149 Å². The van der Waals surface area contributed by atoms with Crippen molar-refractivity contribution in [2.75, 3.05) is 20.0 Å². The van der Waals surface area contributed by atoms with Gasteiger partial charge in [0.15, 0.2) is 26.2 Å². The highest BCUT2D eigenvalue weighted by Gasteiger charge is 2.43. The summed E-state index contributed by atoms with van der Waals surface area (Å²) in [4.78, 5) is -0.0442. The molecule has 0 spiro atoms. The first kappa shape index (κ1) is 18.2. The molecule has 2 aromatic rings. The molecule has 0 N–H and O–H groups in total. The summed E-state index contributed by atoms with van der Waals surface area (Å²) in [6, 6.07) is 8.84. The Bertz CT molecular complexity index is 905. The van der Waals surface area contributed by atoms with E-state index >= 15 is 0 Å². The third-order valence-electron chi connectivity index (χ3n) is 3.82. The Balaban J connectivity index is 1.83. The van der Waals surface area contributed by atoms with Crippen LogP contribution in [0.1, 0.15) is 5.56 Å². The minimum Gasteiger partial charge on any atom is -0.495 e. The third kappa shape index (κ3) is 3.52. The monoisotopic (exact) mass is 386 g/mol. The molecule has 0 saturated carbocycles. The standard InChI is InChI=1S/C17H16F2O6S/c1-22-13-4-3-5-14(23-2)16(13)26(20,21)9-8-11-6-7-12-15(10-11)25-17(18,19)24-12/h3-7,10H,8-9H2,1-2H3. The van der Waals surface area contributed by atoms with E-state index in [1.807, 2.05) is 0 Å². The zero-order valence-corrected chi connectivity index (χ0v) is 14.8. The lowest BCUT2D eigenvalue weighted by Gasteiger charge is -2.13. The molecule has 0 atom stereocenters. The normalized spacial score (nSPS) is 14.9. The van der Waals surface area contributed by atoms with E-state index in [-0.39, 0.29) is 40.1 Å². The number of methoxy groups -OCH3 is 2. The lowest BCUT2D eigenvalue weighted by atomic mass is 10.1. The van der Waals surface area contributed by atoms with Crippen LogP contribution in [-0.2, 0) is 16.3 Å². The first-order valence-electron chi connectivity index (χ1n) is 7.58. The summed E-state index contributed by atoms with van der Waals surface area (Å²) in [6.45, 7) is 0. The molecule has 0 amide bonds. The van der Waals surface area contributed by atoms with E-state index < -0.39 is 16.1 Å². The Kier molecular flexibility index (Phi) is 4.66. The first-order chi connectivity index (χ1) is 12.3. The van der Waals surface area contributed by atoms with Gasteiger partial charge < -0.3 is 18.9 Å². The van der Waals surface area contributed by atoms with Gasteiger partial charge >= 0.3 is 6.29 Å². The second-order valence-corrected chi connectivity index (χ2v) is 7.56. The van der Waals surface area contributed by atoms with Crippen molar-refractivity contribution < 1.29 is 36.1 Å². The molecule has 0 fully saturated rings. The van der Waals surface area contributed by atoms with Gasteiger partial charge in [0, 0.05) is 0 Å². The maximum Gasteiger partial charge on any atom is 0.586 e. The van der Waals surface area contributed by atoms with E-state index in [9.17, 15) is 17.2 Å². The average molecular weight is 386 g/mol. The number of hydrogen-bond acceptors (Lipinski definition) is 6. The summed E-state index contributed by atoms with van der Waals surface area (Å²) in [7, 11) is -1.02. The molecular formula is C17H16F2O6S. The molecule has 0 aromatic heterocycles. The van der Waals surface area contributed by atoms with Crippen LogP contribution < -0.4 is 18.9 Å². The van der Waals surface area contributed by atoms with E-state index in [1.54, 1.807) is 6.07 Å². The summed E-state index contributed by atoms with van der Waals surface area (Å²) >= 11 is 0. The van der Waals surface area contributed by atoms with Crippen molar-refractivity contribution >= 4 is 9.84 Å². The number of alkyl halides is 2. The fourth-order valence-corrected chi connectivity index (χ4v) is 4.25. The second kappa shape index (κ2) is 6.64. The number of rotatable bonds is 6. The van der Waals surface area contributed by atoms with E-state index in [0.29, 0.717) is 5.56 Å². The summed E-state index contributed by atoms with van der Waals surface area (Å²) in [5.74, 6) is -0.128. The zero-order chi connectivity index (χ0) is 18.9. The van der Waals surface area contributed by atoms with Crippen LogP contribution in [0.2, 0.25) is 0 Å². The number of sulfone groups is 1. The molecule has 0 radical (unpaired) electrons. The predicted molar refractivity (Wildman–Crippen MR) is 87.9 cm³/mol. The van der Waals surface area contributed by atoms with Crippen molar-refractivity contribution in [2.24, 2.45) is 0 Å². The zero-order valence-electron chi connectivity index (χ0n) is 14.0. The Morgan fingerprint density at radius 1 is 1.00 bits per heavy atom. The van der Waals surface area contributed by atoms with Gasteiger partial charge in [0.25, 0.3) is 0 Å². The molecule has 1 heterocycles. The average Bonchev–Trinajstić information content (AvgIpc) is 2.92. The van der Waals surface area contributed by atoms with Crippen molar-refractivity contribution in [3.05, 3.63) is 42.0 Å². The lowest BCUT2D eigenvalue weighted by molar-refractivity contribution is -0.286. The highest BCUT2D eigenvalue weighted by Crippen LogP contribution is 2.41. The van der Waals surface area contributed by atoms with E-state index in [2.05, 4.69) is 9.47 Å². The quantitative estimate of drug-likeness (QED) is 0.760. The molecule has 9 heteroatoms. The van der Waals surface area contributed by atoms with Crippen LogP contribution in [0, 0.1) is 0 Å². The fourth-order valence-electron chi connectivity index (χ4n) is 2.63. The fraction of sp³-hybridized carbons (Fsp3) is 0.294. The number of fused-ring (bicyclic) bond motifs is 1. The predicted octanol–water partition coefficient (Wildman–Crippen LogP) is 3.04. The number of hydrogen-bond donors (Lipinski definition) is 0. The maximum atomic E-state index is 13.1. The Hall–Kier alpha value is -2.55. The summed E-state index contributed by atoms with van der Waals surface area (Å²) in [6.07, 6.45) is -3.62. The van der Waals surface area contributed by atoms with E-state index in [1.165, 1.54) is 44.6 Å². The van der Waals surface area contributed by atoms with Crippen LogP contribution >= 0.6 is 0 Å². The third-order valence-corrected chi connectivity index (χ3v) is 5.58. The Morgan fingerprint density at radius 2 is 1.62 bits per heavy atom. The topological polar surface area (TPSA) is 71.1 Å². The van der Waals surface area contributed by atoms with E-state index in [0.717, 1.165) is 0 Å². The van der Waals surface area contributed by atoms with Crippen LogP contribution in [0.4, 0.5) is 8.78 Å². The van der Waals surface area contributed by atoms with Gasteiger partial charge in [0.1, 0.15) is 11.5 Å². The molecule has 1 aliphatic heterocycles. The molecule has 0 unspecified atom stereocenters.